The van der Waals surface area contributed by atoms with Crippen LogP contribution in [0.5, 0.6) is 5.75 Å². The molecule has 0 amide bonds. The Labute approximate surface area is 127 Å². The molecule has 0 aliphatic carbocycles. The van der Waals surface area contributed by atoms with Crippen molar-refractivity contribution in [1.82, 2.24) is 9.55 Å². The van der Waals surface area contributed by atoms with E-state index in [0.29, 0.717) is 17.0 Å². The van der Waals surface area contributed by atoms with E-state index in [2.05, 4.69) is 4.98 Å². The van der Waals surface area contributed by atoms with Crippen LogP contribution in [0.2, 0.25) is 0 Å². The second kappa shape index (κ2) is 5.75. The highest BCUT2D eigenvalue weighted by molar-refractivity contribution is 5.39. The van der Waals surface area contributed by atoms with Crippen molar-refractivity contribution in [3.8, 4) is 5.75 Å². The number of rotatable bonds is 4. The maximum atomic E-state index is 14.1. The van der Waals surface area contributed by atoms with Gasteiger partial charge >= 0.3 is 5.95 Å². The minimum absolute atomic E-state index is 0.0733. The molecule has 1 aromatic carbocycles. The number of nitrogens with zero attached hydrogens (tertiary/aromatic N) is 3. The van der Waals surface area contributed by atoms with Crippen molar-refractivity contribution in [1.29, 1.82) is 0 Å². The molecule has 0 bridgehead atoms. The first kappa shape index (κ1) is 15.9. The van der Waals surface area contributed by atoms with E-state index in [1.165, 1.54) is 16.8 Å². The third kappa shape index (κ3) is 3.08. The molecule has 0 spiro atoms. The van der Waals surface area contributed by atoms with E-state index in [1.807, 2.05) is 20.8 Å². The van der Waals surface area contributed by atoms with E-state index >= 15 is 0 Å². The topological polar surface area (TPSA) is 70.2 Å². The Morgan fingerprint density at radius 3 is 2.64 bits per heavy atom. The number of nitro groups is 1. The van der Waals surface area contributed by atoms with Crippen molar-refractivity contribution in [3.05, 3.63) is 51.6 Å². The van der Waals surface area contributed by atoms with Crippen molar-refractivity contribution >= 4 is 5.95 Å². The van der Waals surface area contributed by atoms with Gasteiger partial charge < -0.3 is 14.9 Å². The molecule has 1 heterocycles. The zero-order valence-electron chi connectivity index (χ0n) is 13.0. The van der Waals surface area contributed by atoms with Crippen LogP contribution in [0.4, 0.5) is 10.3 Å². The fourth-order valence-corrected chi connectivity index (χ4v) is 2.24. The summed E-state index contributed by atoms with van der Waals surface area (Å²) in [6, 6.07) is 4.66. The number of ether oxygens (including phenoxy) is 1. The second-order valence-electron chi connectivity index (χ2n) is 6.02. The van der Waals surface area contributed by atoms with Crippen molar-refractivity contribution in [3.63, 3.8) is 0 Å². The maximum Gasteiger partial charge on any atom is 0.434 e. The molecule has 0 aliphatic heterocycles. The van der Waals surface area contributed by atoms with Crippen LogP contribution in [0.15, 0.2) is 24.4 Å². The van der Waals surface area contributed by atoms with Crippen LogP contribution in [0.3, 0.4) is 0 Å². The SMILES string of the molecule is Cn1c(COc2cccc(F)c2C(C)(C)C)cnc1[N+](=O)[O-]. The van der Waals surface area contributed by atoms with Gasteiger partial charge in [-0.2, -0.15) is 0 Å². The molecule has 0 aliphatic rings. The number of hydrogen-bond acceptors (Lipinski definition) is 4. The molecule has 0 fully saturated rings. The standard InChI is InChI=1S/C15H18FN3O3/c1-15(2,3)13-11(16)6-5-7-12(13)22-9-10-8-17-14(18(10)4)19(20)21/h5-8H,9H2,1-4H3. The minimum Gasteiger partial charge on any atom is -0.485 e. The van der Waals surface area contributed by atoms with Crippen LogP contribution in [0.25, 0.3) is 0 Å². The highest BCUT2D eigenvalue weighted by Gasteiger charge is 2.24. The van der Waals surface area contributed by atoms with Gasteiger partial charge in [0.15, 0.2) is 5.69 Å². The van der Waals surface area contributed by atoms with Crippen LogP contribution in [-0.2, 0) is 19.1 Å². The van der Waals surface area contributed by atoms with E-state index in [1.54, 1.807) is 19.2 Å². The highest BCUT2D eigenvalue weighted by atomic mass is 19.1. The van der Waals surface area contributed by atoms with Crippen molar-refractivity contribution in [2.45, 2.75) is 32.8 Å². The fourth-order valence-electron chi connectivity index (χ4n) is 2.24. The Kier molecular flexibility index (Phi) is 4.16. The summed E-state index contributed by atoms with van der Waals surface area (Å²) in [6.07, 6.45) is 1.38. The van der Waals surface area contributed by atoms with Gasteiger partial charge in [0.1, 0.15) is 24.4 Å². The van der Waals surface area contributed by atoms with E-state index in [9.17, 15) is 14.5 Å². The lowest BCUT2D eigenvalue weighted by atomic mass is 9.86. The van der Waals surface area contributed by atoms with Crippen LogP contribution in [0, 0.1) is 15.9 Å². The molecule has 1 aromatic heterocycles. The van der Waals surface area contributed by atoms with Gasteiger partial charge in [0.05, 0.1) is 7.05 Å². The first-order chi connectivity index (χ1) is 10.2. The van der Waals surface area contributed by atoms with E-state index in [0.717, 1.165) is 0 Å². The van der Waals surface area contributed by atoms with Gasteiger partial charge in [-0.1, -0.05) is 31.8 Å². The first-order valence-electron chi connectivity index (χ1n) is 6.78. The molecule has 7 heteroatoms. The van der Waals surface area contributed by atoms with Crippen molar-refractivity contribution in [2.75, 3.05) is 0 Å². The molecule has 118 valence electrons. The number of halogens is 1. The predicted molar refractivity (Wildman–Crippen MR) is 79.3 cm³/mol. The molecule has 0 radical (unpaired) electrons. The number of aromatic nitrogens is 2. The smallest absolute Gasteiger partial charge is 0.434 e. The zero-order chi connectivity index (χ0) is 16.5. The molecule has 2 aromatic rings. The van der Waals surface area contributed by atoms with E-state index < -0.39 is 10.3 Å². The van der Waals surface area contributed by atoms with Crippen molar-refractivity contribution < 1.29 is 14.1 Å². The summed E-state index contributed by atoms with van der Waals surface area (Å²) in [6.45, 7) is 5.76. The Morgan fingerprint density at radius 2 is 2.09 bits per heavy atom. The maximum absolute atomic E-state index is 14.1. The normalized spacial score (nSPS) is 11.5. The van der Waals surface area contributed by atoms with Crippen molar-refractivity contribution in [2.24, 2.45) is 7.05 Å². The molecule has 22 heavy (non-hydrogen) atoms. The third-order valence-corrected chi connectivity index (χ3v) is 3.32. The number of imidazole rings is 1. The Morgan fingerprint density at radius 1 is 1.41 bits per heavy atom. The second-order valence-corrected chi connectivity index (χ2v) is 6.02. The molecule has 0 atom stereocenters. The molecule has 2 rings (SSSR count). The molecular weight excluding hydrogens is 289 g/mol. The number of hydrogen-bond donors (Lipinski definition) is 0. The van der Waals surface area contributed by atoms with E-state index in [-0.39, 0.29) is 18.4 Å². The van der Waals surface area contributed by atoms with Gasteiger partial charge in [-0.3, -0.25) is 0 Å². The Balaban J connectivity index is 2.26. The van der Waals surface area contributed by atoms with Gasteiger partial charge in [0, 0.05) is 5.56 Å². The summed E-state index contributed by atoms with van der Waals surface area (Å²) in [4.78, 5) is 13.9. The summed E-state index contributed by atoms with van der Waals surface area (Å²) in [5, 5.41) is 10.8. The van der Waals surface area contributed by atoms with Crippen LogP contribution < -0.4 is 4.74 Å². The molecule has 0 N–H and O–H groups in total. The van der Waals surface area contributed by atoms with Gasteiger partial charge in [-0.15, -0.1) is 0 Å². The summed E-state index contributed by atoms with van der Waals surface area (Å²) in [7, 11) is 1.54. The monoisotopic (exact) mass is 307 g/mol. The summed E-state index contributed by atoms with van der Waals surface area (Å²) < 4.78 is 21.1. The third-order valence-electron chi connectivity index (χ3n) is 3.32. The van der Waals surface area contributed by atoms with Gasteiger partial charge in [0.25, 0.3) is 0 Å². The van der Waals surface area contributed by atoms with Crippen LogP contribution in [0.1, 0.15) is 32.0 Å². The Hall–Kier alpha value is -2.44. The lowest BCUT2D eigenvalue weighted by Crippen LogP contribution is -2.16. The fraction of sp³-hybridized carbons (Fsp3) is 0.400. The predicted octanol–water partition coefficient (Wildman–Crippen LogP) is 3.34. The molecule has 0 saturated heterocycles. The van der Waals surface area contributed by atoms with Gasteiger partial charge in [0.2, 0.25) is 0 Å². The summed E-state index contributed by atoms with van der Waals surface area (Å²) in [5.74, 6) is -0.161. The number of benzene rings is 1. The summed E-state index contributed by atoms with van der Waals surface area (Å²) >= 11 is 0. The zero-order valence-corrected chi connectivity index (χ0v) is 13.0. The lowest BCUT2D eigenvalue weighted by Gasteiger charge is -2.23. The Bertz CT molecular complexity index is 705. The first-order valence-corrected chi connectivity index (χ1v) is 6.78. The van der Waals surface area contributed by atoms with Crippen LogP contribution in [-0.4, -0.2) is 14.5 Å². The van der Waals surface area contributed by atoms with Gasteiger partial charge in [-0.05, 0) is 22.5 Å². The summed E-state index contributed by atoms with van der Waals surface area (Å²) in [5.41, 5.74) is 0.599. The highest BCUT2D eigenvalue weighted by Crippen LogP contribution is 2.34. The molecule has 0 unspecified atom stereocenters. The molecule has 0 saturated carbocycles. The van der Waals surface area contributed by atoms with Gasteiger partial charge in [-0.25, -0.2) is 8.96 Å². The quantitative estimate of drug-likeness (QED) is 0.641. The largest absolute Gasteiger partial charge is 0.485 e. The molecule has 6 nitrogen and oxygen atoms in total. The van der Waals surface area contributed by atoms with E-state index in [4.69, 9.17) is 4.74 Å². The molecular formula is C15H18FN3O3. The average Bonchev–Trinajstić information content (AvgIpc) is 2.76. The lowest BCUT2D eigenvalue weighted by molar-refractivity contribution is -0.396. The average molecular weight is 307 g/mol. The van der Waals surface area contributed by atoms with Crippen LogP contribution >= 0.6 is 0 Å². The minimum atomic E-state index is -0.563.